The lowest BCUT2D eigenvalue weighted by Crippen LogP contribution is -2.05. The van der Waals surface area contributed by atoms with E-state index in [1.54, 1.807) is 6.08 Å². The lowest BCUT2D eigenvalue weighted by atomic mass is 10.2. The maximum absolute atomic E-state index is 12.1. The molecule has 6 heteroatoms. The first-order valence-electron chi connectivity index (χ1n) is 8.83. The number of aliphatic imine (C=N–C) groups is 1. The number of cyclic esters (lactones) is 1. The van der Waals surface area contributed by atoms with Crippen molar-refractivity contribution in [3.8, 4) is 5.75 Å². The molecule has 0 amide bonds. The number of halogens is 2. The predicted octanol–water partition coefficient (Wildman–Crippen LogP) is 5.82. The number of hydrogen-bond donors (Lipinski definition) is 0. The second-order valence-corrected chi connectivity index (χ2v) is 8.82. The van der Waals surface area contributed by atoms with E-state index in [-0.39, 0.29) is 5.70 Å². The SMILES string of the molecule is O=C1OC(c2ccc(I)cc2)=N/C1=C\c1ccc(OCc2ccc(I)cc2)cc1. The normalized spacial score (nSPS) is 14.6. The van der Waals surface area contributed by atoms with Crippen molar-refractivity contribution in [2.75, 3.05) is 0 Å². The van der Waals surface area contributed by atoms with Gasteiger partial charge in [-0.25, -0.2) is 9.79 Å². The molecule has 0 saturated carbocycles. The molecule has 0 aromatic heterocycles. The summed E-state index contributed by atoms with van der Waals surface area (Å²) < 4.78 is 13.4. The predicted molar refractivity (Wildman–Crippen MR) is 130 cm³/mol. The van der Waals surface area contributed by atoms with Gasteiger partial charge in [0.2, 0.25) is 5.90 Å². The number of hydrogen-bond acceptors (Lipinski definition) is 4. The van der Waals surface area contributed by atoms with Gasteiger partial charge in [-0.3, -0.25) is 0 Å². The van der Waals surface area contributed by atoms with Crippen molar-refractivity contribution in [3.05, 3.63) is 102 Å². The van der Waals surface area contributed by atoms with Crippen molar-refractivity contribution in [1.29, 1.82) is 0 Å². The Hall–Kier alpha value is -2.20. The number of esters is 1. The van der Waals surface area contributed by atoms with E-state index in [1.807, 2.05) is 48.5 Å². The number of benzene rings is 3. The van der Waals surface area contributed by atoms with E-state index < -0.39 is 5.97 Å². The van der Waals surface area contributed by atoms with Crippen LogP contribution in [-0.2, 0) is 16.1 Å². The number of carbonyl (C=O) groups is 1. The Labute approximate surface area is 195 Å². The second-order valence-electron chi connectivity index (χ2n) is 6.33. The average Bonchev–Trinajstić information content (AvgIpc) is 3.09. The van der Waals surface area contributed by atoms with Crippen LogP contribution in [0.5, 0.6) is 5.75 Å². The molecule has 0 saturated heterocycles. The molecule has 0 fully saturated rings. The van der Waals surface area contributed by atoms with Gasteiger partial charge in [-0.05, 0) is 111 Å². The van der Waals surface area contributed by atoms with Gasteiger partial charge in [0.15, 0.2) is 5.70 Å². The minimum Gasteiger partial charge on any atom is -0.489 e. The standard InChI is InChI=1S/C23H15I2NO3/c24-18-7-1-16(2-8-18)14-28-20-11-3-15(4-12-20)13-21-23(27)29-22(26-21)17-5-9-19(25)10-6-17/h1-13H,14H2/b21-13-. The van der Waals surface area contributed by atoms with E-state index in [0.29, 0.717) is 12.5 Å². The zero-order valence-electron chi connectivity index (χ0n) is 15.1. The van der Waals surface area contributed by atoms with E-state index in [4.69, 9.17) is 9.47 Å². The van der Waals surface area contributed by atoms with Crippen LogP contribution in [0.15, 0.2) is 83.5 Å². The molecule has 0 aliphatic carbocycles. The summed E-state index contributed by atoms with van der Waals surface area (Å²) in [7, 11) is 0. The fourth-order valence-electron chi connectivity index (χ4n) is 2.69. The van der Waals surface area contributed by atoms with Gasteiger partial charge in [0.25, 0.3) is 0 Å². The Morgan fingerprint density at radius 2 is 1.48 bits per heavy atom. The Morgan fingerprint density at radius 1 is 0.862 bits per heavy atom. The Bertz CT molecular complexity index is 1090. The topological polar surface area (TPSA) is 47.9 Å². The molecule has 0 unspecified atom stereocenters. The fourth-order valence-corrected chi connectivity index (χ4v) is 3.41. The highest BCUT2D eigenvalue weighted by Crippen LogP contribution is 2.21. The zero-order valence-corrected chi connectivity index (χ0v) is 19.5. The molecule has 0 N–H and O–H groups in total. The molecule has 144 valence electrons. The summed E-state index contributed by atoms with van der Waals surface area (Å²) in [5.41, 5.74) is 3.03. The van der Waals surface area contributed by atoms with Gasteiger partial charge in [-0.2, -0.15) is 0 Å². The third-order valence-corrected chi connectivity index (χ3v) is 5.65. The van der Waals surface area contributed by atoms with E-state index in [1.165, 1.54) is 3.57 Å². The molecule has 4 nitrogen and oxygen atoms in total. The van der Waals surface area contributed by atoms with Crippen LogP contribution in [0.2, 0.25) is 0 Å². The number of nitrogens with zero attached hydrogens (tertiary/aromatic N) is 1. The molecule has 3 aromatic rings. The average molecular weight is 607 g/mol. The van der Waals surface area contributed by atoms with Gasteiger partial charge in [0.05, 0.1) is 0 Å². The van der Waals surface area contributed by atoms with Crippen LogP contribution in [0.1, 0.15) is 16.7 Å². The molecule has 1 heterocycles. The molecule has 0 spiro atoms. The summed E-state index contributed by atoms with van der Waals surface area (Å²) in [6, 6.07) is 23.4. The minimum atomic E-state index is -0.447. The smallest absolute Gasteiger partial charge is 0.363 e. The molecule has 1 aliphatic heterocycles. The fraction of sp³-hybridized carbons (Fsp3) is 0.0435. The van der Waals surface area contributed by atoms with Crippen molar-refractivity contribution in [2.45, 2.75) is 6.61 Å². The molecular formula is C23H15I2NO3. The van der Waals surface area contributed by atoms with Gasteiger partial charge in [0.1, 0.15) is 12.4 Å². The van der Waals surface area contributed by atoms with Gasteiger partial charge in [0, 0.05) is 12.7 Å². The second kappa shape index (κ2) is 9.08. The minimum absolute atomic E-state index is 0.283. The number of rotatable bonds is 5. The third kappa shape index (κ3) is 5.24. The van der Waals surface area contributed by atoms with E-state index in [9.17, 15) is 4.79 Å². The molecule has 0 atom stereocenters. The Morgan fingerprint density at radius 3 is 2.14 bits per heavy atom. The van der Waals surface area contributed by atoms with E-state index >= 15 is 0 Å². The first-order chi connectivity index (χ1) is 14.1. The molecule has 1 aliphatic rings. The van der Waals surface area contributed by atoms with Crippen molar-refractivity contribution in [2.24, 2.45) is 4.99 Å². The van der Waals surface area contributed by atoms with Crippen molar-refractivity contribution >= 4 is 63.1 Å². The lowest BCUT2D eigenvalue weighted by Gasteiger charge is -2.06. The number of carbonyl (C=O) groups excluding carboxylic acids is 1. The van der Waals surface area contributed by atoms with Gasteiger partial charge in [-0.15, -0.1) is 0 Å². The summed E-state index contributed by atoms with van der Waals surface area (Å²) in [4.78, 5) is 16.5. The van der Waals surface area contributed by atoms with Gasteiger partial charge in [-0.1, -0.05) is 24.3 Å². The van der Waals surface area contributed by atoms with E-state index in [0.717, 1.165) is 26.0 Å². The monoisotopic (exact) mass is 607 g/mol. The van der Waals surface area contributed by atoms with Crippen LogP contribution in [0, 0.1) is 7.14 Å². The molecule has 0 radical (unpaired) electrons. The van der Waals surface area contributed by atoms with Gasteiger partial charge < -0.3 is 9.47 Å². The highest BCUT2D eigenvalue weighted by molar-refractivity contribution is 14.1. The molecular weight excluding hydrogens is 592 g/mol. The highest BCUT2D eigenvalue weighted by atomic mass is 127. The third-order valence-electron chi connectivity index (χ3n) is 4.21. The zero-order chi connectivity index (χ0) is 20.2. The van der Waals surface area contributed by atoms with E-state index in [2.05, 4.69) is 74.4 Å². The van der Waals surface area contributed by atoms with Gasteiger partial charge >= 0.3 is 5.97 Å². The van der Waals surface area contributed by atoms with Crippen LogP contribution >= 0.6 is 45.2 Å². The maximum atomic E-state index is 12.1. The Balaban J connectivity index is 1.44. The van der Waals surface area contributed by atoms with Crippen molar-refractivity contribution in [1.82, 2.24) is 0 Å². The maximum Gasteiger partial charge on any atom is 0.363 e. The molecule has 4 rings (SSSR count). The number of ether oxygens (including phenoxy) is 2. The largest absolute Gasteiger partial charge is 0.489 e. The summed E-state index contributed by atoms with van der Waals surface area (Å²) >= 11 is 4.50. The van der Waals surface area contributed by atoms with Crippen LogP contribution in [-0.4, -0.2) is 11.9 Å². The Kier molecular flexibility index (Phi) is 6.29. The van der Waals surface area contributed by atoms with Crippen LogP contribution in [0.4, 0.5) is 0 Å². The van der Waals surface area contributed by atoms with Crippen molar-refractivity contribution in [3.63, 3.8) is 0 Å². The summed E-state index contributed by atoms with van der Waals surface area (Å²) in [5.74, 6) is 0.649. The first-order valence-corrected chi connectivity index (χ1v) is 11.0. The van der Waals surface area contributed by atoms with Crippen LogP contribution in [0.3, 0.4) is 0 Å². The van der Waals surface area contributed by atoms with Crippen LogP contribution < -0.4 is 4.74 Å². The lowest BCUT2D eigenvalue weighted by molar-refractivity contribution is -0.129. The summed E-state index contributed by atoms with van der Waals surface area (Å²) in [6.45, 7) is 0.507. The molecule has 0 bridgehead atoms. The highest BCUT2D eigenvalue weighted by Gasteiger charge is 2.24. The quantitative estimate of drug-likeness (QED) is 0.209. The van der Waals surface area contributed by atoms with Crippen LogP contribution in [0.25, 0.3) is 6.08 Å². The summed E-state index contributed by atoms with van der Waals surface area (Å²) in [5, 5.41) is 0. The van der Waals surface area contributed by atoms with Crippen molar-refractivity contribution < 1.29 is 14.3 Å². The molecule has 3 aromatic carbocycles. The summed E-state index contributed by atoms with van der Waals surface area (Å²) in [6.07, 6.45) is 1.71. The molecule has 29 heavy (non-hydrogen) atoms. The first kappa shape index (κ1) is 20.1.